The molecule has 1 atom stereocenters. The lowest BCUT2D eigenvalue weighted by Crippen LogP contribution is -2.33. The van der Waals surface area contributed by atoms with Crippen LogP contribution in [0.1, 0.15) is 17.5 Å². The fourth-order valence-corrected chi connectivity index (χ4v) is 3.65. The number of nitrogens with zero attached hydrogens (tertiary/aromatic N) is 1. The number of benzene rings is 2. The molecule has 1 unspecified atom stereocenters. The lowest BCUT2D eigenvalue weighted by molar-refractivity contribution is -0.129. The van der Waals surface area contributed by atoms with Gasteiger partial charge in [-0.15, -0.1) is 0 Å². The summed E-state index contributed by atoms with van der Waals surface area (Å²) < 4.78 is 23.8. The highest BCUT2D eigenvalue weighted by Gasteiger charge is 2.33. The fraction of sp³-hybridized carbons (Fsp3) is 0.364. The topological polar surface area (TPSA) is 67.9 Å². The maximum absolute atomic E-state index is 13.2. The zero-order valence-electron chi connectivity index (χ0n) is 16.9. The molecule has 1 aliphatic heterocycles. The minimum Gasteiger partial charge on any atom is -0.493 e. The highest BCUT2D eigenvalue weighted by molar-refractivity contribution is 6.30. The smallest absolute Gasteiger partial charge is 0.225 e. The SMILES string of the molecule is COc1ccc(CCN2CC(C(=O)NCc3ccc(F)c(Cl)c3)CC2=O)cc1OC. The van der Waals surface area contributed by atoms with Crippen LogP contribution in [0.4, 0.5) is 4.39 Å². The first-order chi connectivity index (χ1) is 14.4. The number of halogens is 2. The summed E-state index contributed by atoms with van der Waals surface area (Å²) in [6.45, 7) is 1.13. The molecule has 1 N–H and O–H groups in total. The minimum absolute atomic E-state index is 0.0131. The summed E-state index contributed by atoms with van der Waals surface area (Å²) in [7, 11) is 3.16. The third kappa shape index (κ3) is 5.21. The maximum Gasteiger partial charge on any atom is 0.225 e. The molecular weight excluding hydrogens is 411 g/mol. The number of amides is 2. The van der Waals surface area contributed by atoms with Crippen LogP contribution in [0.3, 0.4) is 0 Å². The predicted molar refractivity (Wildman–Crippen MR) is 111 cm³/mol. The summed E-state index contributed by atoms with van der Waals surface area (Å²) >= 11 is 5.76. The molecule has 0 bridgehead atoms. The average Bonchev–Trinajstić information content (AvgIpc) is 3.13. The number of hydrogen-bond acceptors (Lipinski definition) is 4. The first-order valence-electron chi connectivity index (χ1n) is 9.61. The van der Waals surface area contributed by atoms with Crippen LogP contribution in [0.5, 0.6) is 11.5 Å². The number of nitrogens with one attached hydrogen (secondary N) is 1. The molecule has 0 aliphatic carbocycles. The molecule has 3 rings (SSSR count). The fourth-order valence-electron chi connectivity index (χ4n) is 3.45. The van der Waals surface area contributed by atoms with Crippen molar-refractivity contribution in [1.29, 1.82) is 0 Å². The maximum atomic E-state index is 13.2. The van der Waals surface area contributed by atoms with Gasteiger partial charge in [0.2, 0.25) is 11.8 Å². The number of carbonyl (C=O) groups is 2. The molecule has 0 spiro atoms. The van der Waals surface area contributed by atoms with Crippen molar-refractivity contribution in [3.05, 3.63) is 58.4 Å². The molecule has 30 heavy (non-hydrogen) atoms. The van der Waals surface area contributed by atoms with Crippen LogP contribution in [-0.2, 0) is 22.6 Å². The predicted octanol–water partition coefficient (Wildman–Crippen LogP) is 3.20. The van der Waals surface area contributed by atoms with Crippen LogP contribution >= 0.6 is 11.6 Å². The summed E-state index contributed by atoms with van der Waals surface area (Å²) in [5.74, 6) is 0.147. The highest BCUT2D eigenvalue weighted by Crippen LogP contribution is 2.28. The van der Waals surface area contributed by atoms with E-state index in [2.05, 4.69) is 5.32 Å². The van der Waals surface area contributed by atoms with Crippen molar-refractivity contribution in [2.75, 3.05) is 27.3 Å². The van der Waals surface area contributed by atoms with Crippen molar-refractivity contribution in [2.24, 2.45) is 5.92 Å². The van der Waals surface area contributed by atoms with Gasteiger partial charge in [-0.2, -0.15) is 0 Å². The van der Waals surface area contributed by atoms with Gasteiger partial charge in [0, 0.05) is 26.1 Å². The van der Waals surface area contributed by atoms with Crippen molar-refractivity contribution in [3.8, 4) is 11.5 Å². The molecule has 1 aliphatic rings. The Kier molecular flexibility index (Phi) is 7.15. The number of hydrogen-bond donors (Lipinski definition) is 1. The third-order valence-electron chi connectivity index (χ3n) is 5.15. The number of ether oxygens (including phenoxy) is 2. The first-order valence-corrected chi connectivity index (χ1v) is 9.99. The lowest BCUT2D eigenvalue weighted by atomic mass is 10.1. The van der Waals surface area contributed by atoms with E-state index in [0.717, 1.165) is 5.56 Å². The highest BCUT2D eigenvalue weighted by atomic mass is 35.5. The van der Waals surface area contributed by atoms with Crippen LogP contribution in [-0.4, -0.2) is 44.0 Å². The molecule has 160 valence electrons. The van der Waals surface area contributed by atoms with E-state index >= 15 is 0 Å². The molecule has 0 radical (unpaired) electrons. The second-order valence-corrected chi connectivity index (χ2v) is 7.55. The van der Waals surface area contributed by atoms with E-state index in [1.807, 2.05) is 18.2 Å². The Morgan fingerprint density at radius 2 is 1.90 bits per heavy atom. The summed E-state index contributed by atoms with van der Waals surface area (Å²) in [4.78, 5) is 26.5. The third-order valence-corrected chi connectivity index (χ3v) is 5.44. The van der Waals surface area contributed by atoms with Crippen LogP contribution < -0.4 is 14.8 Å². The Morgan fingerprint density at radius 1 is 1.17 bits per heavy atom. The molecule has 2 amide bonds. The summed E-state index contributed by atoms with van der Waals surface area (Å²) in [5.41, 5.74) is 1.71. The summed E-state index contributed by atoms with van der Waals surface area (Å²) in [5, 5.41) is 2.81. The van der Waals surface area contributed by atoms with Crippen LogP contribution in [0.25, 0.3) is 0 Å². The zero-order chi connectivity index (χ0) is 21.7. The van der Waals surface area contributed by atoms with Gasteiger partial charge in [0.1, 0.15) is 5.82 Å². The van der Waals surface area contributed by atoms with E-state index in [4.69, 9.17) is 21.1 Å². The molecule has 1 saturated heterocycles. The molecule has 1 fully saturated rings. The van der Waals surface area contributed by atoms with Gasteiger partial charge in [0.05, 0.1) is 25.2 Å². The Bertz CT molecular complexity index is 937. The van der Waals surface area contributed by atoms with E-state index in [0.29, 0.717) is 36.6 Å². The Morgan fingerprint density at radius 3 is 2.60 bits per heavy atom. The van der Waals surface area contributed by atoms with Crippen LogP contribution in [0.15, 0.2) is 36.4 Å². The largest absolute Gasteiger partial charge is 0.493 e. The molecule has 0 aromatic heterocycles. The van der Waals surface area contributed by atoms with Gasteiger partial charge in [0.15, 0.2) is 11.5 Å². The monoisotopic (exact) mass is 434 g/mol. The molecule has 2 aromatic rings. The minimum atomic E-state index is -0.502. The van der Waals surface area contributed by atoms with E-state index < -0.39 is 11.7 Å². The quantitative estimate of drug-likeness (QED) is 0.692. The van der Waals surface area contributed by atoms with Gasteiger partial charge in [0.25, 0.3) is 0 Å². The standard InChI is InChI=1S/C22H24ClFN2O4/c1-29-19-6-4-14(10-20(19)30-2)7-8-26-13-16(11-21(26)27)22(28)25-12-15-3-5-18(24)17(23)9-15/h3-6,9-10,16H,7-8,11-13H2,1-2H3,(H,25,28). The van der Waals surface area contributed by atoms with Crippen molar-refractivity contribution >= 4 is 23.4 Å². The van der Waals surface area contributed by atoms with Crippen molar-refractivity contribution in [3.63, 3.8) is 0 Å². The Balaban J connectivity index is 1.51. The Hall–Kier alpha value is -2.80. The number of rotatable bonds is 8. The molecule has 6 nitrogen and oxygen atoms in total. The number of methoxy groups -OCH3 is 2. The molecule has 2 aromatic carbocycles. The number of likely N-dealkylation sites (tertiary alicyclic amines) is 1. The Labute approximate surface area is 179 Å². The van der Waals surface area contributed by atoms with Gasteiger partial charge in [-0.25, -0.2) is 4.39 Å². The molecular formula is C22H24ClFN2O4. The molecule has 1 heterocycles. The van der Waals surface area contributed by atoms with Crippen LogP contribution in [0.2, 0.25) is 5.02 Å². The van der Waals surface area contributed by atoms with Gasteiger partial charge in [-0.1, -0.05) is 23.7 Å². The van der Waals surface area contributed by atoms with Crippen molar-refractivity contribution < 1.29 is 23.5 Å². The first kappa shape index (κ1) is 21.9. The van der Waals surface area contributed by atoms with E-state index in [-0.39, 0.29) is 29.8 Å². The van der Waals surface area contributed by atoms with Gasteiger partial charge in [-0.05, 0) is 41.8 Å². The lowest BCUT2D eigenvalue weighted by Gasteiger charge is -2.17. The molecule has 8 heteroatoms. The normalized spacial score (nSPS) is 15.9. The zero-order valence-corrected chi connectivity index (χ0v) is 17.7. The summed E-state index contributed by atoms with van der Waals surface area (Å²) in [6, 6.07) is 9.96. The van der Waals surface area contributed by atoms with E-state index in [9.17, 15) is 14.0 Å². The van der Waals surface area contributed by atoms with Crippen molar-refractivity contribution in [1.82, 2.24) is 10.2 Å². The van der Waals surface area contributed by atoms with Gasteiger partial charge >= 0.3 is 0 Å². The second-order valence-electron chi connectivity index (χ2n) is 7.15. The summed E-state index contributed by atoms with van der Waals surface area (Å²) in [6.07, 6.45) is 0.830. The average molecular weight is 435 g/mol. The van der Waals surface area contributed by atoms with Gasteiger partial charge in [-0.3, -0.25) is 9.59 Å². The van der Waals surface area contributed by atoms with Crippen molar-refractivity contribution in [2.45, 2.75) is 19.4 Å². The number of carbonyl (C=O) groups excluding carboxylic acids is 2. The van der Waals surface area contributed by atoms with Gasteiger partial charge < -0.3 is 19.7 Å². The van der Waals surface area contributed by atoms with E-state index in [1.165, 1.54) is 12.1 Å². The van der Waals surface area contributed by atoms with Crippen LogP contribution in [0, 0.1) is 11.7 Å². The molecule has 0 saturated carbocycles. The van der Waals surface area contributed by atoms with E-state index in [1.54, 1.807) is 25.2 Å². The second kappa shape index (κ2) is 9.80.